The highest BCUT2D eigenvalue weighted by atomic mass is 32.2. The number of aliphatic hydroxyl groups is 1. The zero-order valence-electron chi connectivity index (χ0n) is 22.2. The summed E-state index contributed by atoms with van der Waals surface area (Å²) in [6, 6.07) is 0. The highest BCUT2D eigenvalue weighted by Crippen LogP contribution is 2.62. The molecule has 5 aliphatic carbocycles. The first kappa shape index (κ1) is 29.6. The van der Waals surface area contributed by atoms with Gasteiger partial charge in [-0.1, -0.05) is 19.9 Å². The minimum atomic E-state index is -5.98. The number of hydrogen-bond donors (Lipinski definition) is 2. The first-order valence-electron chi connectivity index (χ1n) is 13.8. The van der Waals surface area contributed by atoms with Gasteiger partial charge in [-0.25, -0.2) is 4.79 Å². The fourth-order valence-corrected chi connectivity index (χ4v) is 8.42. The van der Waals surface area contributed by atoms with Crippen molar-refractivity contribution in [3.8, 4) is 0 Å². The van der Waals surface area contributed by atoms with Gasteiger partial charge in [-0.2, -0.15) is 17.2 Å². The van der Waals surface area contributed by atoms with E-state index in [2.05, 4.69) is 0 Å². The lowest BCUT2D eigenvalue weighted by Crippen LogP contribution is -2.56. The van der Waals surface area contributed by atoms with Crippen LogP contribution in [0.5, 0.6) is 0 Å². The zero-order chi connectivity index (χ0) is 28.0. The van der Waals surface area contributed by atoms with E-state index >= 15 is 0 Å². The van der Waals surface area contributed by atoms with Crippen LogP contribution in [0.25, 0.3) is 0 Å². The van der Waals surface area contributed by atoms with Gasteiger partial charge in [0, 0.05) is 12.3 Å². The van der Waals surface area contributed by atoms with Crippen LogP contribution < -0.4 is 0 Å². The SMILES string of the molecule is CCC(CC1CCC=CC1(CC)OC(=O)C(F)(F)S(=O)(=O)O)OCC(=O)CC12CC3CC(CC(O)(C3)C1)C2. The van der Waals surface area contributed by atoms with Crippen molar-refractivity contribution >= 4 is 21.9 Å². The van der Waals surface area contributed by atoms with Crippen molar-refractivity contribution in [2.45, 2.75) is 113 Å². The number of carbonyl (C=O) groups excluding carboxylic acids is 2. The van der Waals surface area contributed by atoms with E-state index in [1.165, 1.54) is 6.08 Å². The Bertz CT molecular complexity index is 1040. The molecule has 5 rings (SSSR count). The molecule has 11 heteroatoms. The van der Waals surface area contributed by atoms with Gasteiger partial charge in [0.1, 0.15) is 12.2 Å². The van der Waals surface area contributed by atoms with Crippen molar-refractivity contribution in [2.75, 3.05) is 6.61 Å². The monoisotopic (exact) mass is 562 g/mol. The van der Waals surface area contributed by atoms with E-state index in [9.17, 15) is 31.9 Å². The average molecular weight is 563 g/mol. The number of allylic oxidation sites excluding steroid dienone is 1. The molecule has 216 valence electrons. The third-order valence-corrected chi connectivity index (χ3v) is 10.2. The van der Waals surface area contributed by atoms with Crippen molar-refractivity contribution in [1.82, 2.24) is 0 Å². The Labute approximate surface area is 223 Å². The number of alkyl halides is 2. The molecule has 8 nitrogen and oxygen atoms in total. The fraction of sp³-hybridized carbons (Fsp3) is 0.852. The molecule has 5 atom stereocenters. The second kappa shape index (κ2) is 10.5. The number of ether oxygens (including phenoxy) is 2. The lowest BCUT2D eigenvalue weighted by atomic mass is 9.47. The zero-order valence-corrected chi connectivity index (χ0v) is 23.0. The van der Waals surface area contributed by atoms with Crippen molar-refractivity contribution in [2.24, 2.45) is 23.2 Å². The Balaban J connectivity index is 1.37. The molecular weight excluding hydrogens is 522 g/mol. The van der Waals surface area contributed by atoms with Gasteiger partial charge in [-0.3, -0.25) is 9.35 Å². The molecule has 0 aromatic rings. The maximum absolute atomic E-state index is 14.0. The minimum absolute atomic E-state index is 0.0153. The molecule has 4 fully saturated rings. The van der Waals surface area contributed by atoms with E-state index in [1.54, 1.807) is 13.0 Å². The van der Waals surface area contributed by atoms with Gasteiger partial charge in [0.25, 0.3) is 0 Å². The fourth-order valence-electron chi connectivity index (χ4n) is 8.17. The van der Waals surface area contributed by atoms with Crippen LogP contribution in [0.1, 0.15) is 90.9 Å². The van der Waals surface area contributed by atoms with Crippen molar-refractivity contribution in [1.29, 1.82) is 0 Å². The first-order valence-corrected chi connectivity index (χ1v) is 15.2. The Hall–Kier alpha value is -1.43. The van der Waals surface area contributed by atoms with E-state index in [0.717, 1.165) is 32.1 Å². The van der Waals surface area contributed by atoms with Crippen molar-refractivity contribution < 1.29 is 45.9 Å². The summed E-state index contributed by atoms with van der Waals surface area (Å²) in [5.41, 5.74) is -2.28. The van der Waals surface area contributed by atoms with Crippen LogP contribution >= 0.6 is 0 Å². The molecule has 4 saturated carbocycles. The number of carbonyl (C=O) groups is 2. The largest absolute Gasteiger partial charge is 0.465 e. The maximum atomic E-state index is 14.0. The quantitative estimate of drug-likeness (QED) is 0.201. The molecular formula is C27H40F2O8S. The number of esters is 1. The summed E-state index contributed by atoms with van der Waals surface area (Å²) in [7, 11) is -5.98. The summed E-state index contributed by atoms with van der Waals surface area (Å²) in [6.45, 7) is 3.44. The van der Waals surface area contributed by atoms with Gasteiger partial charge in [0.15, 0.2) is 5.78 Å². The predicted octanol–water partition coefficient (Wildman–Crippen LogP) is 4.60. The summed E-state index contributed by atoms with van der Waals surface area (Å²) in [4.78, 5) is 25.2. The first-order chi connectivity index (χ1) is 17.6. The average Bonchev–Trinajstić information content (AvgIpc) is 2.80. The van der Waals surface area contributed by atoms with Gasteiger partial charge < -0.3 is 14.6 Å². The summed E-state index contributed by atoms with van der Waals surface area (Å²) >= 11 is 0. The Morgan fingerprint density at radius 2 is 1.82 bits per heavy atom. The van der Waals surface area contributed by atoms with Crippen LogP contribution in [0.3, 0.4) is 0 Å². The Morgan fingerprint density at radius 1 is 1.16 bits per heavy atom. The van der Waals surface area contributed by atoms with Crippen LogP contribution in [0, 0.1) is 23.2 Å². The lowest BCUT2D eigenvalue weighted by molar-refractivity contribution is -0.180. The minimum Gasteiger partial charge on any atom is -0.449 e. The second-order valence-electron chi connectivity index (χ2n) is 12.3. The second-order valence-corrected chi connectivity index (χ2v) is 13.8. The Morgan fingerprint density at radius 3 is 2.37 bits per heavy atom. The van der Waals surface area contributed by atoms with E-state index in [-0.39, 0.29) is 24.2 Å². The van der Waals surface area contributed by atoms with E-state index < -0.39 is 44.6 Å². The summed E-state index contributed by atoms with van der Waals surface area (Å²) in [5.74, 6) is -1.82. The number of Topliss-reactive ketones (excluding diaryl/α,β-unsaturated/α-hetero) is 1. The molecule has 4 bridgehead atoms. The standard InChI is InChI=1S/C27H40F2O8S/c1-3-22(36-16-21(30)15-24-11-18-9-19(12-24)14-25(32,13-18)17-24)10-20-7-5-6-8-26(20,4-2)37-23(31)27(28,29)38(33,34)35/h6,8,18-20,22,32H,3-5,7,9-17H2,1-2H3,(H,33,34,35). The van der Waals surface area contributed by atoms with Crippen molar-refractivity contribution in [3.63, 3.8) is 0 Å². The molecule has 38 heavy (non-hydrogen) atoms. The topological polar surface area (TPSA) is 127 Å². The molecule has 0 heterocycles. The summed E-state index contributed by atoms with van der Waals surface area (Å²) in [6.07, 6.45) is 10.7. The molecule has 5 unspecified atom stereocenters. The summed E-state index contributed by atoms with van der Waals surface area (Å²) in [5, 5.41) is 5.89. The molecule has 0 aromatic heterocycles. The van der Waals surface area contributed by atoms with Crippen molar-refractivity contribution in [3.05, 3.63) is 12.2 Å². The Kier molecular flexibility index (Phi) is 8.18. The van der Waals surface area contributed by atoms with E-state index in [4.69, 9.17) is 14.0 Å². The molecule has 0 spiro atoms. The smallest absolute Gasteiger partial charge is 0.449 e. The molecule has 2 N–H and O–H groups in total. The highest BCUT2D eigenvalue weighted by Gasteiger charge is 2.58. The van der Waals surface area contributed by atoms with Gasteiger partial charge in [-0.15, -0.1) is 0 Å². The van der Waals surface area contributed by atoms with Gasteiger partial charge in [0.2, 0.25) is 0 Å². The van der Waals surface area contributed by atoms with Gasteiger partial charge in [0.05, 0.1) is 11.7 Å². The highest BCUT2D eigenvalue weighted by molar-refractivity contribution is 7.87. The van der Waals surface area contributed by atoms with Crippen LogP contribution in [-0.4, -0.2) is 59.0 Å². The molecule has 5 aliphatic rings. The van der Waals surface area contributed by atoms with Crippen LogP contribution in [0.2, 0.25) is 0 Å². The third-order valence-electron chi connectivity index (χ3n) is 9.38. The lowest BCUT2D eigenvalue weighted by Gasteiger charge is -2.60. The molecule has 0 aliphatic heterocycles. The molecule has 0 radical (unpaired) electrons. The molecule has 0 saturated heterocycles. The predicted molar refractivity (Wildman–Crippen MR) is 134 cm³/mol. The van der Waals surface area contributed by atoms with Gasteiger partial charge in [-0.05, 0) is 94.0 Å². The number of halogens is 2. The van der Waals surface area contributed by atoms with Crippen LogP contribution in [-0.2, 0) is 29.2 Å². The van der Waals surface area contributed by atoms with Crippen LogP contribution in [0.4, 0.5) is 8.78 Å². The van der Waals surface area contributed by atoms with Crippen LogP contribution in [0.15, 0.2) is 12.2 Å². The summed E-state index contributed by atoms with van der Waals surface area (Å²) < 4.78 is 70.0. The molecule has 0 aromatic carbocycles. The number of hydrogen-bond acceptors (Lipinski definition) is 7. The number of ketones is 1. The van der Waals surface area contributed by atoms with E-state index in [1.807, 2.05) is 6.92 Å². The molecule has 0 amide bonds. The van der Waals surface area contributed by atoms with E-state index in [0.29, 0.717) is 50.4 Å². The maximum Gasteiger partial charge on any atom is 0.465 e. The third kappa shape index (κ3) is 5.86. The number of rotatable bonds is 12. The van der Waals surface area contributed by atoms with Gasteiger partial charge >= 0.3 is 21.3 Å². The normalized spacial score (nSPS) is 37.3.